The summed E-state index contributed by atoms with van der Waals surface area (Å²) in [6.07, 6.45) is 8.60. The molecule has 44 heavy (non-hydrogen) atoms. The highest BCUT2D eigenvalue weighted by atomic mass is 16.6. The Balaban J connectivity index is 0.936. The molecule has 0 saturated carbocycles. The minimum absolute atomic E-state index is 0.132. The quantitative estimate of drug-likeness (QED) is 0.104. The maximum Gasteiger partial charge on any atom is 0.132 e. The third-order valence-corrected chi connectivity index (χ3v) is 7.44. The van der Waals surface area contributed by atoms with Crippen molar-refractivity contribution in [3.05, 3.63) is 119 Å². The Kier molecular flexibility index (Phi) is 9.60. The normalized spacial score (nSPS) is 18.6. The third-order valence-electron chi connectivity index (χ3n) is 7.44. The Morgan fingerprint density at radius 1 is 0.500 bits per heavy atom. The highest BCUT2D eigenvalue weighted by molar-refractivity contribution is 5.71. The fourth-order valence-electron chi connectivity index (χ4n) is 4.38. The molecular weight excluding hydrogens is 552 g/mol. The fraction of sp³-hybridized carbons (Fsp3) is 0.263. The van der Waals surface area contributed by atoms with Crippen molar-refractivity contribution >= 4 is 24.3 Å². The summed E-state index contributed by atoms with van der Waals surface area (Å²) in [6, 6.07) is 32.3. The molecule has 0 spiro atoms. The zero-order valence-corrected chi connectivity index (χ0v) is 25.1. The molecule has 6 heteroatoms. The second-order valence-electron chi connectivity index (χ2n) is 11.1. The van der Waals surface area contributed by atoms with Crippen LogP contribution < -0.4 is 18.9 Å². The van der Waals surface area contributed by atoms with Crippen LogP contribution in [0, 0.1) is 0 Å². The van der Waals surface area contributed by atoms with Gasteiger partial charge in [0.1, 0.15) is 60.6 Å². The molecule has 4 unspecified atom stereocenters. The molecule has 2 heterocycles. The van der Waals surface area contributed by atoms with Crippen LogP contribution in [0.25, 0.3) is 24.3 Å². The minimum Gasteiger partial charge on any atom is -0.491 e. The summed E-state index contributed by atoms with van der Waals surface area (Å²) in [4.78, 5) is 0. The van der Waals surface area contributed by atoms with Gasteiger partial charge < -0.3 is 28.4 Å². The molecule has 2 aliphatic rings. The van der Waals surface area contributed by atoms with Crippen LogP contribution in [0.3, 0.4) is 0 Å². The van der Waals surface area contributed by atoms with Gasteiger partial charge in [0.2, 0.25) is 0 Å². The predicted octanol–water partition coefficient (Wildman–Crippen LogP) is 7.82. The van der Waals surface area contributed by atoms with E-state index in [4.69, 9.17) is 28.4 Å². The van der Waals surface area contributed by atoms with Crippen molar-refractivity contribution in [2.45, 2.75) is 38.3 Å². The molecule has 0 aliphatic carbocycles. The van der Waals surface area contributed by atoms with E-state index >= 15 is 0 Å². The van der Waals surface area contributed by atoms with Crippen LogP contribution in [-0.4, -0.2) is 50.8 Å². The number of ether oxygens (including phenoxy) is 6. The van der Waals surface area contributed by atoms with Crippen LogP contribution in [0.2, 0.25) is 0 Å². The van der Waals surface area contributed by atoms with Gasteiger partial charge >= 0.3 is 0 Å². The van der Waals surface area contributed by atoms with Gasteiger partial charge in [0.15, 0.2) is 0 Å². The Morgan fingerprint density at radius 3 is 1.05 bits per heavy atom. The molecule has 2 fully saturated rings. The molecule has 0 radical (unpaired) electrons. The van der Waals surface area contributed by atoms with E-state index in [9.17, 15) is 0 Å². The first kappa shape index (κ1) is 29.5. The Labute approximate surface area is 259 Å². The molecular formula is C38H38O6. The highest BCUT2D eigenvalue weighted by Crippen LogP contribution is 2.22. The molecule has 6 rings (SSSR count). The SMILES string of the molecule is CC(Oc1ccc(C=Cc2ccc(OCC3CO3)cc2)cc1)C(C)Oc1ccc(C=Cc2ccc(OCC3CO3)cc2)cc1. The van der Waals surface area contributed by atoms with Gasteiger partial charge in [0, 0.05) is 0 Å². The predicted molar refractivity (Wildman–Crippen MR) is 174 cm³/mol. The van der Waals surface area contributed by atoms with Gasteiger partial charge in [-0.3, -0.25) is 0 Å². The average Bonchev–Trinajstić information content (AvgIpc) is 3.99. The number of hydrogen-bond donors (Lipinski definition) is 0. The van der Waals surface area contributed by atoms with Crippen molar-refractivity contribution in [1.82, 2.24) is 0 Å². The van der Waals surface area contributed by atoms with Gasteiger partial charge in [-0.1, -0.05) is 72.8 Å². The van der Waals surface area contributed by atoms with E-state index in [2.05, 4.69) is 48.6 Å². The van der Waals surface area contributed by atoms with Gasteiger partial charge in [0.25, 0.3) is 0 Å². The van der Waals surface area contributed by atoms with Crippen LogP contribution in [0.15, 0.2) is 97.1 Å². The fourth-order valence-corrected chi connectivity index (χ4v) is 4.38. The summed E-state index contributed by atoms with van der Waals surface area (Å²) in [5.74, 6) is 3.34. The molecule has 4 aromatic rings. The molecule has 226 valence electrons. The molecule has 2 saturated heterocycles. The summed E-state index contributed by atoms with van der Waals surface area (Å²) in [6.45, 7) is 6.88. The van der Waals surface area contributed by atoms with E-state index in [0.717, 1.165) is 58.5 Å². The van der Waals surface area contributed by atoms with Crippen LogP contribution in [0.1, 0.15) is 36.1 Å². The van der Waals surface area contributed by atoms with Gasteiger partial charge in [0.05, 0.1) is 13.2 Å². The zero-order valence-electron chi connectivity index (χ0n) is 25.1. The summed E-state index contributed by atoms with van der Waals surface area (Å²) >= 11 is 0. The molecule has 2 aliphatic heterocycles. The first-order valence-corrected chi connectivity index (χ1v) is 15.1. The standard InChI is InChI=1S/C38H38O6/c1-27(43-35-19-11-31(12-20-35)5-3-29-7-15-33(16-8-29)39-23-37-25-41-37)28(2)44-36-21-13-32(14-22-36)6-4-30-9-17-34(18-10-30)40-24-38-26-42-38/h3-22,27-28,37-38H,23-26H2,1-2H3. The van der Waals surface area contributed by atoms with Crippen molar-refractivity contribution in [2.24, 2.45) is 0 Å². The second-order valence-corrected chi connectivity index (χ2v) is 11.1. The average molecular weight is 591 g/mol. The molecule has 6 nitrogen and oxygen atoms in total. The van der Waals surface area contributed by atoms with E-state index in [0.29, 0.717) is 13.2 Å². The summed E-state index contributed by atoms with van der Waals surface area (Å²) in [5.41, 5.74) is 4.42. The van der Waals surface area contributed by atoms with E-state index in [1.54, 1.807) is 0 Å². The maximum atomic E-state index is 6.17. The first-order valence-electron chi connectivity index (χ1n) is 15.1. The smallest absolute Gasteiger partial charge is 0.132 e. The third kappa shape index (κ3) is 9.24. The van der Waals surface area contributed by atoms with Crippen molar-refractivity contribution in [1.29, 1.82) is 0 Å². The second kappa shape index (κ2) is 14.3. The molecule has 0 amide bonds. The molecule has 4 aromatic carbocycles. The Bertz CT molecular complexity index is 1400. The highest BCUT2D eigenvalue weighted by Gasteiger charge is 2.23. The van der Waals surface area contributed by atoms with Crippen molar-refractivity contribution < 1.29 is 28.4 Å². The lowest BCUT2D eigenvalue weighted by Gasteiger charge is -2.23. The van der Waals surface area contributed by atoms with Crippen LogP contribution in [-0.2, 0) is 9.47 Å². The lowest BCUT2D eigenvalue weighted by atomic mass is 10.1. The lowest BCUT2D eigenvalue weighted by Crippen LogP contribution is -2.31. The van der Waals surface area contributed by atoms with Crippen LogP contribution in [0.4, 0.5) is 0 Å². The minimum atomic E-state index is -0.132. The molecule has 0 bridgehead atoms. The number of hydrogen-bond acceptors (Lipinski definition) is 6. The summed E-state index contributed by atoms with van der Waals surface area (Å²) < 4.78 is 34.1. The maximum absolute atomic E-state index is 6.17. The number of epoxide rings is 2. The van der Waals surface area contributed by atoms with Gasteiger partial charge in [-0.15, -0.1) is 0 Å². The number of benzene rings is 4. The van der Waals surface area contributed by atoms with E-state index in [1.165, 1.54) is 0 Å². The van der Waals surface area contributed by atoms with Crippen molar-refractivity contribution in [3.8, 4) is 23.0 Å². The molecule has 0 N–H and O–H groups in total. The first-order chi connectivity index (χ1) is 21.6. The summed E-state index contributed by atoms with van der Waals surface area (Å²) in [5, 5.41) is 0. The van der Waals surface area contributed by atoms with Crippen LogP contribution in [0.5, 0.6) is 23.0 Å². The monoisotopic (exact) mass is 590 g/mol. The van der Waals surface area contributed by atoms with Gasteiger partial charge in [-0.25, -0.2) is 0 Å². The van der Waals surface area contributed by atoms with Gasteiger partial charge in [-0.05, 0) is 84.6 Å². The topological polar surface area (TPSA) is 62.0 Å². The van der Waals surface area contributed by atoms with E-state index in [1.807, 2.05) is 86.6 Å². The van der Waals surface area contributed by atoms with Crippen LogP contribution >= 0.6 is 0 Å². The molecule has 0 aromatic heterocycles. The largest absolute Gasteiger partial charge is 0.491 e. The Hall–Kier alpha value is -4.52. The van der Waals surface area contributed by atoms with Crippen molar-refractivity contribution in [3.63, 3.8) is 0 Å². The molecule has 4 atom stereocenters. The Morgan fingerprint density at radius 2 is 0.773 bits per heavy atom. The lowest BCUT2D eigenvalue weighted by molar-refractivity contribution is 0.0779. The summed E-state index contributed by atoms with van der Waals surface area (Å²) in [7, 11) is 0. The zero-order chi connectivity index (χ0) is 30.1. The van der Waals surface area contributed by atoms with Gasteiger partial charge in [-0.2, -0.15) is 0 Å². The van der Waals surface area contributed by atoms with E-state index < -0.39 is 0 Å². The van der Waals surface area contributed by atoms with Crippen molar-refractivity contribution in [2.75, 3.05) is 26.4 Å². The number of rotatable bonds is 15. The van der Waals surface area contributed by atoms with E-state index in [-0.39, 0.29) is 24.4 Å².